The zero-order chi connectivity index (χ0) is 15.6. The lowest BCUT2D eigenvalue weighted by Gasteiger charge is -2.27. The minimum Gasteiger partial charge on any atom is -0.492 e. The highest BCUT2D eigenvalue weighted by Gasteiger charge is 2.39. The predicted octanol–water partition coefficient (Wildman–Crippen LogP) is 2.08. The van der Waals surface area contributed by atoms with E-state index in [4.69, 9.17) is 10.5 Å². The first-order valence-corrected chi connectivity index (χ1v) is 7.59. The SMILES string of the molecule is CC1(Cc2ccccc2)NC(O)c2ccc(OCCN)cc21. The summed E-state index contributed by atoms with van der Waals surface area (Å²) in [6, 6.07) is 16.1. The van der Waals surface area contributed by atoms with Crippen LogP contribution in [0.3, 0.4) is 0 Å². The lowest BCUT2D eigenvalue weighted by atomic mass is 9.86. The minimum absolute atomic E-state index is 0.321. The summed E-state index contributed by atoms with van der Waals surface area (Å²) in [5, 5.41) is 13.6. The van der Waals surface area contributed by atoms with Gasteiger partial charge in [-0.3, -0.25) is 5.32 Å². The molecule has 2 aromatic rings. The summed E-state index contributed by atoms with van der Waals surface area (Å²) in [5.41, 5.74) is 8.39. The summed E-state index contributed by atoms with van der Waals surface area (Å²) < 4.78 is 5.62. The molecule has 1 aliphatic heterocycles. The van der Waals surface area contributed by atoms with Crippen LogP contribution in [0.15, 0.2) is 48.5 Å². The number of hydrogen-bond acceptors (Lipinski definition) is 4. The third kappa shape index (κ3) is 2.86. The van der Waals surface area contributed by atoms with Crippen LogP contribution >= 0.6 is 0 Å². The van der Waals surface area contributed by atoms with E-state index in [0.29, 0.717) is 13.2 Å². The summed E-state index contributed by atoms with van der Waals surface area (Å²) in [4.78, 5) is 0. The molecule has 0 radical (unpaired) electrons. The molecule has 0 bridgehead atoms. The number of ether oxygens (including phenoxy) is 1. The summed E-state index contributed by atoms with van der Waals surface area (Å²) in [7, 11) is 0. The third-order valence-corrected chi connectivity index (χ3v) is 4.16. The van der Waals surface area contributed by atoms with E-state index in [9.17, 15) is 5.11 Å². The Morgan fingerprint density at radius 2 is 2.00 bits per heavy atom. The fourth-order valence-corrected chi connectivity index (χ4v) is 3.13. The highest BCUT2D eigenvalue weighted by atomic mass is 16.5. The Morgan fingerprint density at radius 3 is 2.73 bits per heavy atom. The van der Waals surface area contributed by atoms with Crippen molar-refractivity contribution in [3.05, 3.63) is 65.2 Å². The van der Waals surface area contributed by atoms with E-state index < -0.39 is 6.23 Å². The maximum atomic E-state index is 10.3. The molecule has 2 atom stereocenters. The molecule has 4 N–H and O–H groups in total. The number of nitrogens with one attached hydrogen (secondary N) is 1. The molecule has 0 amide bonds. The standard InChI is InChI=1S/C18H22N2O2/c1-18(12-13-5-3-2-4-6-13)16-11-14(22-10-9-19)7-8-15(16)17(21)20-18/h2-8,11,17,20-21H,9-10,12,19H2,1H3. The lowest BCUT2D eigenvalue weighted by molar-refractivity contribution is 0.119. The minimum atomic E-state index is -0.646. The quantitative estimate of drug-likeness (QED) is 0.790. The fourth-order valence-electron chi connectivity index (χ4n) is 3.13. The highest BCUT2D eigenvalue weighted by Crippen LogP contribution is 2.40. The van der Waals surface area contributed by atoms with Gasteiger partial charge in [0.1, 0.15) is 18.6 Å². The maximum Gasteiger partial charge on any atom is 0.132 e. The van der Waals surface area contributed by atoms with Crippen molar-refractivity contribution in [3.63, 3.8) is 0 Å². The largest absolute Gasteiger partial charge is 0.492 e. The number of aliphatic hydroxyl groups is 1. The average Bonchev–Trinajstić information content (AvgIpc) is 2.77. The predicted molar refractivity (Wildman–Crippen MR) is 86.6 cm³/mol. The Morgan fingerprint density at radius 1 is 1.23 bits per heavy atom. The van der Waals surface area contributed by atoms with Gasteiger partial charge in [0.2, 0.25) is 0 Å². The van der Waals surface area contributed by atoms with Crippen molar-refractivity contribution in [2.75, 3.05) is 13.2 Å². The second-order valence-electron chi connectivity index (χ2n) is 5.93. The van der Waals surface area contributed by atoms with Gasteiger partial charge in [-0.15, -0.1) is 0 Å². The molecule has 1 aliphatic rings. The van der Waals surface area contributed by atoms with Gasteiger partial charge in [0, 0.05) is 17.6 Å². The number of nitrogens with two attached hydrogens (primary N) is 1. The zero-order valence-corrected chi connectivity index (χ0v) is 12.8. The van der Waals surface area contributed by atoms with Crippen LogP contribution in [-0.4, -0.2) is 18.3 Å². The van der Waals surface area contributed by atoms with Crippen molar-refractivity contribution in [1.82, 2.24) is 5.32 Å². The smallest absolute Gasteiger partial charge is 0.132 e. The summed E-state index contributed by atoms with van der Waals surface area (Å²) in [5.74, 6) is 0.791. The van der Waals surface area contributed by atoms with Gasteiger partial charge in [-0.25, -0.2) is 0 Å². The van der Waals surface area contributed by atoms with Crippen LogP contribution in [-0.2, 0) is 12.0 Å². The van der Waals surface area contributed by atoms with Crippen molar-refractivity contribution in [2.24, 2.45) is 5.73 Å². The first-order valence-electron chi connectivity index (χ1n) is 7.59. The molecule has 1 heterocycles. The summed E-state index contributed by atoms with van der Waals surface area (Å²) >= 11 is 0. The molecule has 0 aromatic heterocycles. The first-order chi connectivity index (χ1) is 10.6. The Labute approximate surface area is 130 Å². The van der Waals surface area contributed by atoms with Gasteiger partial charge in [-0.1, -0.05) is 36.4 Å². The lowest BCUT2D eigenvalue weighted by Crippen LogP contribution is -2.37. The van der Waals surface area contributed by atoms with Gasteiger partial charge < -0.3 is 15.6 Å². The molecule has 2 aromatic carbocycles. The molecule has 0 saturated carbocycles. The van der Waals surface area contributed by atoms with E-state index in [-0.39, 0.29) is 5.54 Å². The molecule has 0 saturated heterocycles. The van der Waals surface area contributed by atoms with Crippen LogP contribution in [0.5, 0.6) is 5.75 Å². The van der Waals surface area contributed by atoms with E-state index >= 15 is 0 Å². The van der Waals surface area contributed by atoms with Gasteiger partial charge in [0.15, 0.2) is 0 Å². The van der Waals surface area contributed by atoms with Crippen LogP contribution in [0.25, 0.3) is 0 Å². The van der Waals surface area contributed by atoms with Gasteiger partial charge in [0.05, 0.1) is 0 Å². The monoisotopic (exact) mass is 298 g/mol. The molecule has 22 heavy (non-hydrogen) atoms. The van der Waals surface area contributed by atoms with E-state index in [1.807, 2.05) is 36.4 Å². The number of rotatable bonds is 5. The van der Waals surface area contributed by atoms with Crippen molar-refractivity contribution < 1.29 is 9.84 Å². The summed E-state index contributed by atoms with van der Waals surface area (Å²) in [6.45, 7) is 3.09. The van der Waals surface area contributed by atoms with Crippen LogP contribution in [0.4, 0.5) is 0 Å². The number of fused-ring (bicyclic) bond motifs is 1. The zero-order valence-electron chi connectivity index (χ0n) is 12.8. The highest BCUT2D eigenvalue weighted by molar-refractivity contribution is 5.45. The average molecular weight is 298 g/mol. The van der Waals surface area contributed by atoms with E-state index in [1.165, 1.54) is 5.56 Å². The number of aliphatic hydroxyl groups excluding tert-OH is 1. The van der Waals surface area contributed by atoms with Crippen molar-refractivity contribution in [1.29, 1.82) is 0 Å². The molecule has 0 aliphatic carbocycles. The van der Waals surface area contributed by atoms with Crippen molar-refractivity contribution in [3.8, 4) is 5.75 Å². The molecule has 0 spiro atoms. The van der Waals surface area contributed by atoms with Gasteiger partial charge in [-0.2, -0.15) is 0 Å². The Hall–Kier alpha value is -1.88. The topological polar surface area (TPSA) is 67.5 Å². The van der Waals surface area contributed by atoms with E-state index in [2.05, 4.69) is 24.4 Å². The molecule has 0 fully saturated rings. The van der Waals surface area contributed by atoms with E-state index in [0.717, 1.165) is 23.3 Å². The second-order valence-corrected chi connectivity index (χ2v) is 5.93. The van der Waals surface area contributed by atoms with Crippen LogP contribution < -0.4 is 15.8 Å². The summed E-state index contributed by atoms with van der Waals surface area (Å²) in [6.07, 6.45) is 0.158. The first kappa shape index (κ1) is 15.0. The fraction of sp³-hybridized carbons (Fsp3) is 0.333. The molecule has 116 valence electrons. The van der Waals surface area contributed by atoms with Gasteiger partial charge in [-0.05, 0) is 36.6 Å². The third-order valence-electron chi connectivity index (χ3n) is 4.16. The molecule has 3 rings (SSSR count). The van der Waals surface area contributed by atoms with Crippen molar-refractivity contribution >= 4 is 0 Å². The van der Waals surface area contributed by atoms with Gasteiger partial charge in [0.25, 0.3) is 0 Å². The Kier molecular flexibility index (Phi) is 4.16. The number of hydrogen-bond donors (Lipinski definition) is 3. The van der Waals surface area contributed by atoms with Crippen molar-refractivity contribution in [2.45, 2.75) is 25.1 Å². The van der Waals surface area contributed by atoms with Gasteiger partial charge >= 0.3 is 0 Å². The Balaban J connectivity index is 1.92. The number of benzene rings is 2. The normalized spacial score (nSPS) is 23.3. The molecular weight excluding hydrogens is 276 g/mol. The molecule has 4 heteroatoms. The van der Waals surface area contributed by atoms with Crippen LogP contribution in [0.1, 0.15) is 29.8 Å². The van der Waals surface area contributed by atoms with Crippen LogP contribution in [0.2, 0.25) is 0 Å². The van der Waals surface area contributed by atoms with E-state index in [1.54, 1.807) is 0 Å². The molecular formula is C18H22N2O2. The van der Waals surface area contributed by atoms with Crippen LogP contribution in [0, 0.1) is 0 Å². The molecule has 4 nitrogen and oxygen atoms in total. The maximum absolute atomic E-state index is 10.3. The Bertz CT molecular complexity index is 645. The second kappa shape index (κ2) is 6.08. The molecule has 2 unspecified atom stereocenters.